The van der Waals surface area contributed by atoms with E-state index in [1.54, 1.807) is 6.07 Å². The van der Waals surface area contributed by atoms with Gasteiger partial charge in [-0.25, -0.2) is 14.4 Å². The Labute approximate surface area is 158 Å². The number of halogens is 5. The molecule has 3 heterocycles. The summed E-state index contributed by atoms with van der Waals surface area (Å²) in [6.45, 7) is 0.244. The third kappa shape index (κ3) is 5.33. The second-order valence-corrected chi connectivity index (χ2v) is 5.84. The molecule has 0 saturated carbocycles. The number of hydrogen-bond acceptors (Lipinski definition) is 5. The van der Waals surface area contributed by atoms with Gasteiger partial charge < -0.3 is 10.6 Å². The normalized spacial score (nSPS) is 19.4. The van der Waals surface area contributed by atoms with Gasteiger partial charge in [0.25, 0.3) is 0 Å². The number of amides is 1. The highest BCUT2D eigenvalue weighted by Crippen LogP contribution is 2.28. The zero-order valence-electron chi connectivity index (χ0n) is 13.8. The van der Waals surface area contributed by atoms with Crippen LogP contribution in [0.1, 0.15) is 17.8 Å². The molecule has 2 aromatic rings. The molecule has 0 bridgehead atoms. The van der Waals surface area contributed by atoms with Crippen molar-refractivity contribution >= 4 is 18.3 Å². The highest BCUT2D eigenvalue weighted by atomic mass is 35.5. The van der Waals surface area contributed by atoms with E-state index in [2.05, 4.69) is 25.6 Å². The maximum atomic E-state index is 13.1. The maximum absolute atomic E-state index is 13.1. The van der Waals surface area contributed by atoms with Crippen molar-refractivity contribution < 1.29 is 22.4 Å². The molecule has 0 aromatic carbocycles. The van der Waals surface area contributed by atoms with Gasteiger partial charge in [0, 0.05) is 24.7 Å². The average molecular weight is 406 g/mol. The fourth-order valence-electron chi connectivity index (χ4n) is 2.56. The first-order valence-corrected chi connectivity index (χ1v) is 7.82. The van der Waals surface area contributed by atoms with Crippen molar-refractivity contribution in [2.45, 2.75) is 31.4 Å². The Hall–Kier alpha value is -2.33. The van der Waals surface area contributed by atoms with Gasteiger partial charge >= 0.3 is 6.18 Å². The summed E-state index contributed by atoms with van der Waals surface area (Å²) in [7, 11) is 0. The third-order valence-electron chi connectivity index (χ3n) is 3.91. The van der Waals surface area contributed by atoms with E-state index in [1.807, 2.05) is 0 Å². The van der Waals surface area contributed by atoms with Crippen molar-refractivity contribution in [3.63, 3.8) is 0 Å². The van der Waals surface area contributed by atoms with E-state index in [0.29, 0.717) is 17.0 Å². The lowest BCUT2D eigenvalue weighted by atomic mass is 10.1. The Bertz CT molecular complexity index is 787. The molecular formula is C16H16ClF4N5O. The molecule has 1 saturated heterocycles. The van der Waals surface area contributed by atoms with Gasteiger partial charge in [0.1, 0.15) is 18.2 Å². The number of rotatable bonds is 4. The van der Waals surface area contributed by atoms with Gasteiger partial charge in [-0.05, 0) is 18.2 Å². The van der Waals surface area contributed by atoms with Crippen molar-refractivity contribution in [1.82, 2.24) is 25.6 Å². The quantitative estimate of drug-likeness (QED) is 0.763. The first-order valence-electron chi connectivity index (χ1n) is 7.82. The van der Waals surface area contributed by atoms with Crippen molar-refractivity contribution in [3.05, 3.63) is 42.1 Å². The molecule has 2 atom stereocenters. The minimum Gasteiger partial charge on any atom is -0.349 e. The number of carbonyl (C=O) groups excluding carboxylic acids is 1. The number of aromatic nitrogens is 3. The van der Waals surface area contributed by atoms with E-state index in [0.717, 1.165) is 12.3 Å². The van der Waals surface area contributed by atoms with Gasteiger partial charge in [-0.3, -0.25) is 9.78 Å². The molecule has 0 aliphatic carbocycles. The second-order valence-electron chi connectivity index (χ2n) is 5.84. The van der Waals surface area contributed by atoms with Crippen LogP contribution in [-0.2, 0) is 17.5 Å². The van der Waals surface area contributed by atoms with Crippen LogP contribution in [0, 0.1) is 0 Å². The highest BCUT2D eigenvalue weighted by molar-refractivity contribution is 5.85. The van der Waals surface area contributed by atoms with Crippen LogP contribution in [0.5, 0.6) is 0 Å². The van der Waals surface area contributed by atoms with Crippen LogP contribution in [0.2, 0.25) is 0 Å². The molecule has 1 fully saturated rings. The first-order chi connectivity index (χ1) is 12.3. The minimum absolute atomic E-state index is 0. The molecule has 1 aliphatic heterocycles. The van der Waals surface area contributed by atoms with Gasteiger partial charge in [0.15, 0.2) is 0 Å². The fraction of sp³-hybridized carbons (Fsp3) is 0.375. The van der Waals surface area contributed by atoms with E-state index >= 15 is 0 Å². The number of nitrogens with one attached hydrogen (secondary N) is 2. The van der Waals surface area contributed by atoms with Crippen molar-refractivity contribution in [2.75, 3.05) is 6.54 Å². The molecule has 0 spiro atoms. The lowest BCUT2D eigenvalue weighted by Crippen LogP contribution is -2.40. The van der Waals surface area contributed by atoms with Crippen LogP contribution in [-0.4, -0.2) is 39.6 Å². The van der Waals surface area contributed by atoms with Crippen LogP contribution in [0.3, 0.4) is 0 Å². The Morgan fingerprint density at radius 3 is 2.63 bits per heavy atom. The SMILES string of the molecule is Cl.O=C(NCc1cc(-c2ccc(C(F)(F)F)nc2)ncn1)[C@@H]1C[C@@H](F)CN1. The largest absolute Gasteiger partial charge is 0.433 e. The van der Waals surface area contributed by atoms with Gasteiger partial charge in [0.05, 0.1) is 24.0 Å². The number of carbonyl (C=O) groups is 1. The fourth-order valence-corrected chi connectivity index (χ4v) is 2.56. The summed E-state index contributed by atoms with van der Waals surface area (Å²) in [6, 6.07) is 3.11. The summed E-state index contributed by atoms with van der Waals surface area (Å²) in [4.78, 5) is 23.4. The molecule has 6 nitrogen and oxygen atoms in total. The van der Waals surface area contributed by atoms with Gasteiger partial charge in [-0.15, -0.1) is 12.4 Å². The standard InChI is InChI=1S/C16H15F4N5O.ClH/c17-10-3-13(21-6-10)15(26)23-7-11-4-12(25-8-24-11)9-1-2-14(22-5-9)16(18,19)20;/h1-2,4-5,8,10,13,21H,3,6-7H2,(H,23,26);1H/t10-,13+;/m1./s1. The molecule has 1 aliphatic rings. The molecule has 2 aromatic heterocycles. The van der Waals surface area contributed by atoms with Crippen LogP contribution in [0.15, 0.2) is 30.7 Å². The zero-order chi connectivity index (χ0) is 18.7. The molecule has 11 heteroatoms. The molecule has 0 radical (unpaired) electrons. The summed E-state index contributed by atoms with van der Waals surface area (Å²) in [5.74, 6) is -0.332. The Balaban J connectivity index is 0.00000261. The van der Waals surface area contributed by atoms with Gasteiger partial charge in [0.2, 0.25) is 5.91 Å². The number of hydrogen-bond donors (Lipinski definition) is 2. The molecule has 0 unspecified atom stereocenters. The predicted octanol–water partition coefficient (Wildman–Crippen LogP) is 2.30. The van der Waals surface area contributed by atoms with Gasteiger partial charge in [-0.1, -0.05) is 0 Å². The van der Waals surface area contributed by atoms with Crippen LogP contribution < -0.4 is 10.6 Å². The van der Waals surface area contributed by atoms with Crippen LogP contribution >= 0.6 is 12.4 Å². The number of nitrogens with zero attached hydrogens (tertiary/aromatic N) is 3. The van der Waals surface area contributed by atoms with E-state index in [-0.39, 0.29) is 37.8 Å². The third-order valence-corrected chi connectivity index (χ3v) is 3.91. The molecular weight excluding hydrogens is 390 g/mol. The van der Waals surface area contributed by atoms with Crippen molar-refractivity contribution in [3.8, 4) is 11.3 Å². The average Bonchev–Trinajstić information content (AvgIpc) is 3.06. The van der Waals surface area contributed by atoms with Crippen LogP contribution in [0.25, 0.3) is 11.3 Å². The molecule has 27 heavy (non-hydrogen) atoms. The summed E-state index contributed by atoms with van der Waals surface area (Å²) in [5.41, 5.74) is 0.259. The molecule has 146 valence electrons. The second kappa shape index (κ2) is 8.57. The first kappa shape index (κ1) is 21.0. The highest BCUT2D eigenvalue weighted by Gasteiger charge is 2.32. The summed E-state index contributed by atoms with van der Waals surface area (Å²) in [5, 5.41) is 5.42. The smallest absolute Gasteiger partial charge is 0.349 e. The molecule has 3 rings (SSSR count). The van der Waals surface area contributed by atoms with Crippen molar-refractivity contribution in [2.24, 2.45) is 0 Å². The zero-order valence-corrected chi connectivity index (χ0v) is 14.6. The van der Waals surface area contributed by atoms with E-state index in [4.69, 9.17) is 0 Å². The topological polar surface area (TPSA) is 79.8 Å². The summed E-state index contributed by atoms with van der Waals surface area (Å²) in [6.07, 6.45) is -3.09. The molecule has 2 N–H and O–H groups in total. The Kier molecular flexibility index (Phi) is 6.66. The predicted molar refractivity (Wildman–Crippen MR) is 90.7 cm³/mol. The van der Waals surface area contributed by atoms with Crippen LogP contribution in [0.4, 0.5) is 17.6 Å². The summed E-state index contributed by atoms with van der Waals surface area (Å²) >= 11 is 0. The van der Waals surface area contributed by atoms with Crippen molar-refractivity contribution in [1.29, 1.82) is 0 Å². The lowest BCUT2D eigenvalue weighted by molar-refractivity contribution is -0.141. The Morgan fingerprint density at radius 2 is 2.04 bits per heavy atom. The van der Waals surface area contributed by atoms with E-state index < -0.39 is 24.1 Å². The van der Waals surface area contributed by atoms with Gasteiger partial charge in [-0.2, -0.15) is 13.2 Å². The monoisotopic (exact) mass is 405 g/mol. The Morgan fingerprint density at radius 1 is 1.26 bits per heavy atom. The number of alkyl halides is 4. The molecule has 1 amide bonds. The number of pyridine rings is 1. The summed E-state index contributed by atoms with van der Waals surface area (Å²) < 4.78 is 50.8. The van der Waals surface area contributed by atoms with E-state index in [9.17, 15) is 22.4 Å². The lowest BCUT2D eigenvalue weighted by Gasteiger charge is -2.11. The maximum Gasteiger partial charge on any atom is 0.433 e. The minimum atomic E-state index is -4.51. The van der Waals surface area contributed by atoms with E-state index in [1.165, 1.54) is 12.4 Å².